The SMILES string of the molecule is COc1ccccc1CNC(=O)C(C)n1sc2ccccc2c1=O. The lowest BCUT2D eigenvalue weighted by Crippen LogP contribution is -2.33. The largest absolute Gasteiger partial charge is 0.496 e. The van der Waals surface area contributed by atoms with E-state index in [1.807, 2.05) is 42.5 Å². The van der Waals surface area contributed by atoms with Crippen LogP contribution in [0.3, 0.4) is 0 Å². The highest BCUT2D eigenvalue weighted by Gasteiger charge is 2.19. The molecule has 0 saturated heterocycles. The smallest absolute Gasteiger partial charge is 0.269 e. The number of carbonyl (C=O) groups excluding carboxylic acids is 1. The molecule has 1 aromatic heterocycles. The molecule has 1 atom stereocenters. The van der Waals surface area contributed by atoms with E-state index in [1.54, 1.807) is 20.1 Å². The van der Waals surface area contributed by atoms with Crippen molar-refractivity contribution in [2.45, 2.75) is 19.5 Å². The Morgan fingerprint density at radius 3 is 2.67 bits per heavy atom. The van der Waals surface area contributed by atoms with Crippen LogP contribution in [0.2, 0.25) is 0 Å². The van der Waals surface area contributed by atoms with Crippen LogP contribution in [0.5, 0.6) is 5.75 Å². The summed E-state index contributed by atoms with van der Waals surface area (Å²) in [5.41, 5.74) is 0.764. The van der Waals surface area contributed by atoms with Crippen molar-refractivity contribution in [3.05, 3.63) is 64.4 Å². The molecule has 3 aromatic rings. The van der Waals surface area contributed by atoms with Crippen LogP contribution in [0.25, 0.3) is 10.1 Å². The van der Waals surface area contributed by atoms with E-state index in [9.17, 15) is 9.59 Å². The van der Waals surface area contributed by atoms with Crippen LogP contribution in [0.1, 0.15) is 18.5 Å². The number of nitrogens with one attached hydrogen (secondary N) is 1. The van der Waals surface area contributed by atoms with Crippen molar-refractivity contribution in [2.75, 3.05) is 7.11 Å². The maximum absolute atomic E-state index is 12.4. The van der Waals surface area contributed by atoms with Gasteiger partial charge in [0.1, 0.15) is 11.8 Å². The Morgan fingerprint density at radius 1 is 1.21 bits per heavy atom. The average molecular weight is 342 g/mol. The third kappa shape index (κ3) is 3.05. The number of rotatable bonds is 5. The lowest BCUT2D eigenvalue weighted by Gasteiger charge is -2.13. The number of ether oxygens (including phenoxy) is 1. The Labute approximate surface area is 143 Å². The lowest BCUT2D eigenvalue weighted by molar-refractivity contribution is -0.123. The zero-order valence-electron chi connectivity index (χ0n) is 13.5. The van der Waals surface area contributed by atoms with Gasteiger partial charge in [-0.25, -0.2) is 0 Å². The number of hydrogen-bond donors (Lipinski definition) is 1. The van der Waals surface area contributed by atoms with Gasteiger partial charge in [0.15, 0.2) is 0 Å². The molecule has 0 aliphatic carbocycles. The van der Waals surface area contributed by atoms with E-state index in [0.717, 1.165) is 16.0 Å². The molecule has 2 aromatic carbocycles. The first kappa shape index (κ1) is 16.3. The highest BCUT2D eigenvalue weighted by molar-refractivity contribution is 7.14. The summed E-state index contributed by atoms with van der Waals surface area (Å²) in [6.45, 7) is 2.08. The molecule has 5 nitrogen and oxygen atoms in total. The van der Waals surface area contributed by atoms with Crippen molar-refractivity contribution < 1.29 is 9.53 Å². The van der Waals surface area contributed by atoms with Crippen molar-refractivity contribution in [1.29, 1.82) is 0 Å². The van der Waals surface area contributed by atoms with Crippen molar-refractivity contribution in [2.24, 2.45) is 0 Å². The van der Waals surface area contributed by atoms with Crippen LogP contribution in [0.4, 0.5) is 0 Å². The summed E-state index contributed by atoms with van der Waals surface area (Å²) in [5, 5.41) is 3.52. The summed E-state index contributed by atoms with van der Waals surface area (Å²) >= 11 is 1.31. The molecule has 24 heavy (non-hydrogen) atoms. The third-order valence-corrected chi connectivity index (χ3v) is 5.12. The molecular formula is C18H18N2O3S. The minimum Gasteiger partial charge on any atom is -0.496 e. The first-order valence-electron chi connectivity index (χ1n) is 7.62. The molecule has 1 heterocycles. The number of benzene rings is 2. The number of fused-ring (bicyclic) bond motifs is 1. The molecule has 0 fully saturated rings. The summed E-state index contributed by atoms with van der Waals surface area (Å²) in [6, 6.07) is 14.3. The monoisotopic (exact) mass is 342 g/mol. The molecule has 1 unspecified atom stereocenters. The maximum atomic E-state index is 12.4. The van der Waals surface area contributed by atoms with Crippen molar-refractivity contribution in [1.82, 2.24) is 9.27 Å². The van der Waals surface area contributed by atoms with Gasteiger partial charge in [0.2, 0.25) is 5.91 Å². The Bertz CT molecular complexity index is 929. The zero-order chi connectivity index (χ0) is 17.1. The fraction of sp³-hybridized carbons (Fsp3) is 0.222. The van der Waals surface area contributed by atoms with E-state index in [4.69, 9.17) is 4.74 Å². The van der Waals surface area contributed by atoms with Crippen LogP contribution in [0, 0.1) is 0 Å². The third-order valence-electron chi connectivity index (χ3n) is 3.89. The quantitative estimate of drug-likeness (QED) is 0.775. The Hall–Kier alpha value is -2.60. The van der Waals surface area contributed by atoms with Crippen molar-refractivity contribution in [3.8, 4) is 5.75 Å². The van der Waals surface area contributed by atoms with E-state index >= 15 is 0 Å². The number of nitrogens with zero attached hydrogens (tertiary/aromatic N) is 1. The normalized spacial score (nSPS) is 12.1. The Morgan fingerprint density at radius 2 is 1.92 bits per heavy atom. The number of methoxy groups -OCH3 is 1. The molecule has 3 rings (SSSR count). The van der Waals surface area contributed by atoms with Gasteiger partial charge < -0.3 is 10.1 Å². The molecule has 0 bridgehead atoms. The van der Waals surface area contributed by atoms with Gasteiger partial charge in [-0.2, -0.15) is 0 Å². The molecule has 0 spiro atoms. The van der Waals surface area contributed by atoms with Crippen molar-refractivity contribution >= 4 is 27.5 Å². The summed E-state index contributed by atoms with van der Waals surface area (Å²) in [7, 11) is 1.60. The fourth-order valence-corrected chi connectivity index (χ4v) is 3.57. The lowest BCUT2D eigenvalue weighted by atomic mass is 10.2. The highest BCUT2D eigenvalue weighted by Crippen LogP contribution is 2.20. The number of aromatic nitrogens is 1. The second-order valence-electron chi connectivity index (χ2n) is 5.42. The molecule has 1 amide bonds. The molecular weight excluding hydrogens is 324 g/mol. The minimum absolute atomic E-state index is 0.129. The van der Waals surface area contributed by atoms with E-state index in [2.05, 4.69) is 5.32 Å². The summed E-state index contributed by atoms with van der Waals surface area (Å²) < 4.78 is 7.67. The second-order valence-corrected chi connectivity index (χ2v) is 6.44. The standard InChI is InChI=1S/C18H18N2O3S/c1-12(20-18(22)14-8-4-6-10-16(14)24-20)17(21)19-11-13-7-3-5-9-15(13)23-2/h3-10,12H,11H2,1-2H3,(H,19,21). The van der Waals surface area contributed by atoms with Crippen LogP contribution >= 0.6 is 11.5 Å². The molecule has 6 heteroatoms. The van der Waals surface area contributed by atoms with Crippen LogP contribution in [-0.2, 0) is 11.3 Å². The number of amides is 1. The van der Waals surface area contributed by atoms with E-state index in [-0.39, 0.29) is 11.5 Å². The van der Waals surface area contributed by atoms with E-state index in [0.29, 0.717) is 11.9 Å². The first-order chi connectivity index (χ1) is 11.6. The van der Waals surface area contributed by atoms with Gasteiger partial charge >= 0.3 is 0 Å². The fourth-order valence-electron chi connectivity index (χ4n) is 2.53. The topological polar surface area (TPSA) is 60.3 Å². The number of hydrogen-bond acceptors (Lipinski definition) is 4. The van der Waals surface area contributed by atoms with E-state index in [1.165, 1.54) is 15.5 Å². The summed E-state index contributed by atoms with van der Waals surface area (Å²) in [6.07, 6.45) is 0. The van der Waals surface area contributed by atoms with Gasteiger partial charge in [0.25, 0.3) is 5.56 Å². The van der Waals surface area contributed by atoms with Crippen molar-refractivity contribution in [3.63, 3.8) is 0 Å². The van der Waals surface area contributed by atoms with Gasteiger partial charge in [-0.05, 0) is 25.1 Å². The molecule has 0 saturated carbocycles. The maximum Gasteiger partial charge on any atom is 0.269 e. The van der Waals surface area contributed by atoms with Gasteiger partial charge in [0.05, 0.1) is 17.2 Å². The predicted molar refractivity (Wildman–Crippen MR) is 95.6 cm³/mol. The molecule has 0 aliphatic heterocycles. The van der Waals surface area contributed by atoms with Gasteiger partial charge in [0, 0.05) is 12.1 Å². The average Bonchev–Trinajstić information content (AvgIpc) is 2.96. The van der Waals surface area contributed by atoms with E-state index < -0.39 is 6.04 Å². The number of para-hydroxylation sites is 1. The van der Waals surface area contributed by atoms with Crippen LogP contribution in [0.15, 0.2) is 53.3 Å². The minimum atomic E-state index is -0.565. The van der Waals surface area contributed by atoms with Crippen LogP contribution < -0.4 is 15.6 Å². The molecule has 0 radical (unpaired) electrons. The summed E-state index contributed by atoms with van der Waals surface area (Å²) in [4.78, 5) is 24.9. The first-order valence-corrected chi connectivity index (χ1v) is 8.39. The zero-order valence-corrected chi connectivity index (χ0v) is 14.3. The highest BCUT2D eigenvalue weighted by atomic mass is 32.1. The molecule has 124 valence electrons. The van der Waals surface area contributed by atoms with Crippen LogP contribution in [-0.4, -0.2) is 17.0 Å². The molecule has 0 aliphatic rings. The second kappa shape index (κ2) is 6.88. The predicted octanol–water partition coefficient (Wildman–Crippen LogP) is 2.95. The Kier molecular flexibility index (Phi) is 4.66. The van der Waals surface area contributed by atoms with Gasteiger partial charge in [-0.15, -0.1) is 0 Å². The van der Waals surface area contributed by atoms with Gasteiger partial charge in [-0.3, -0.25) is 13.5 Å². The Balaban J connectivity index is 1.77. The number of carbonyl (C=O) groups is 1. The summed E-state index contributed by atoms with van der Waals surface area (Å²) in [5.74, 6) is 0.527. The van der Waals surface area contributed by atoms with Gasteiger partial charge in [-0.1, -0.05) is 41.9 Å². The molecule has 1 N–H and O–H groups in total.